The first-order chi connectivity index (χ1) is 60.9. The van der Waals surface area contributed by atoms with Crippen molar-refractivity contribution in [2.45, 2.75) is 404 Å². The summed E-state index contributed by atoms with van der Waals surface area (Å²) < 4.78 is 126. The van der Waals surface area contributed by atoms with Crippen molar-refractivity contribution in [2.24, 2.45) is 35.5 Å². The van der Waals surface area contributed by atoms with E-state index in [-0.39, 0.29) is 107 Å². The second-order valence-corrected chi connectivity index (χ2v) is 39.4. The largest absolute Gasteiger partial charge is 0.483 e. The zero-order valence-electron chi connectivity index (χ0n) is 85.3. The van der Waals surface area contributed by atoms with Crippen LogP contribution in [-0.4, -0.2) is 403 Å². The molecule has 131 heavy (non-hydrogen) atoms. The zero-order chi connectivity index (χ0) is 100.0. The van der Waals surface area contributed by atoms with Gasteiger partial charge in [0.25, 0.3) is 6.47 Å². The maximum Gasteiger partial charge on any atom is 0.311 e. The van der Waals surface area contributed by atoms with Crippen LogP contribution in [0.25, 0.3) is 0 Å². The van der Waals surface area contributed by atoms with Gasteiger partial charge in [0.05, 0.1) is 112 Å². The Morgan fingerprint density at radius 1 is 0.511 bits per heavy atom. The van der Waals surface area contributed by atoms with E-state index in [1.165, 1.54) is 42.1 Å². The highest BCUT2D eigenvalue weighted by atomic mass is 16.8. The van der Waals surface area contributed by atoms with Gasteiger partial charge < -0.3 is 145 Å². The number of fused-ring (bicyclic) bond motifs is 1. The van der Waals surface area contributed by atoms with Crippen LogP contribution in [0.2, 0.25) is 0 Å². The lowest BCUT2D eigenvalue weighted by molar-refractivity contribution is -0.322. The Kier molecular flexibility index (Phi) is 47.4. The molecular formula is C93H171N5O33. The van der Waals surface area contributed by atoms with E-state index in [1.807, 2.05) is 131 Å². The Balaban J connectivity index is 0.000000524. The van der Waals surface area contributed by atoms with E-state index in [4.69, 9.17) is 110 Å². The van der Waals surface area contributed by atoms with Crippen LogP contribution in [0.3, 0.4) is 0 Å². The molecule has 7 aliphatic rings. The fourth-order valence-electron chi connectivity index (χ4n) is 20.3. The molecular weight excluding hydrogens is 1720 g/mol. The summed E-state index contributed by atoms with van der Waals surface area (Å²) in [4.78, 5) is 96.5. The van der Waals surface area contributed by atoms with E-state index in [0.29, 0.717) is 32.4 Å². The second-order valence-electron chi connectivity index (χ2n) is 39.4. The molecule has 7 heterocycles. The topological polar surface area (TPSA) is 442 Å². The zero-order valence-corrected chi connectivity index (χ0v) is 85.3. The lowest BCUT2D eigenvalue weighted by atomic mass is 9.77. The maximum absolute atomic E-state index is 14.9. The lowest BCUT2D eigenvalue weighted by Crippen LogP contribution is -2.61. The molecule has 38 nitrogen and oxygen atoms in total. The first-order valence-corrected chi connectivity index (χ1v) is 46.5. The fourth-order valence-corrected chi connectivity index (χ4v) is 20.3. The highest BCUT2D eigenvalue weighted by molar-refractivity contribution is 5.74. The number of cyclic esters (lactones) is 2. The minimum absolute atomic E-state index is 0.00478. The summed E-state index contributed by atoms with van der Waals surface area (Å²) in [6, 6.07) is -1.16. The molecule has 0 amide bonds. The SMILES string of the molecule is CC[C@H]1OC(=O)[C@H](C)[C@@H](O[C@H]2C[C@@](C)(OC)[C@@H](OC(C)=O)[C@H](C)O2)[C@H](C)[C@@H](O[C@@H]2O[C@H](C)C[C@H](N(C)C)[C@H]2OCCC(=O)OC)[C@](C)(O)C[C@@H](C)CN(C)[C@H](C)[C@@H](O)[C@]1(C)O.CC[C@H]1OC(=O)[C@H](C)[C@@H](O[C@H]2C[C@@](C)(OC)[C@@H](OC(C)=O)[C@H](C)O2)[C@H](C)[C@@H](O[C@@H]2O[C@H](C)C[C@H](N(C)C)[C@H]2OCCC(=O)OC)[C@](C)(O)C[C@@H](C)CN(C)[C@H](C)[C@H]2OC(N(C)C)O[C@@]21C.CO.O=CO. The molecule has 7 saturated heterocycles. The first kappa shape index (κ1) is 119. The van der Waals surface area contributed by atoms with Gasteiger partial charge in [-0.05, 0) is 204 Å². The Labute approximate surface area is 779 Å². The molecule has 37 atom stereocenters. The van der Waals surface area contributed by atoms with Crippen molar-refractivity contribution in [2.75, 3.05) is 118 Å². The lowest BCUT2D eigenvalue weighted by Gasteiger charge is -2.49. The molecule has 6 N–H and O–H groups in total. The van der Waals surface area contributed by atoms with Gasteiger partial charge in [-0.15, -0.1) is 0 Å². The number of carboxylic acid groups (broad SMARTS) is 1. The molecule has 0 aliphatic carbocycles. The minimum atomic E-state index is -1.84. The summed E-state index contributed by atoms with van der Waals surface area (Å²) in [6.45, 7) is 40.2. The third-order valence-electron chi connectivity index (χ3n) is 27.5. The van der Waals surface area contributed by atoms with E-state index in [1.54, 1.807) is 69.4 Å². The number of ether oxygens (including phenoxy) is 20. The second kappa shape index (κ2) is 52.4. The summed E-state index contributed by atoms with van der Waals surface area (Å²) in [5.41, 5.74) is -8.14. The number of aliphatic hydroxyl groups is 5. The highest BCUT2D eigenvalue weighted by Gasteiger charge is 2.60. The van der Waals surface area contributed by atoms with E-state index in [0.717, 1.165) is 7.11 Å². The predicted molar refractivity (Wildman–Crippen MR) is 480 cm³/mol. The summed E-state index contributed by atoms with van der Waals surface area (Å²) in [5, 5.41) is 63.2. The highest BCUT2D eigenvalue weighted by Crippen LogP contribution is 2.47. The molecule has 7 aliphatic heterocycles. The normalized spacial score (nSPS) is 42.3. The van der Waals surface area contributed by atoms with Crippen molar-refractivity contribution in [1.82, 2.24) is 24.5 Å². The van der Waals surface area contributed by atoms with Gasteiger partial charge in [0.2, 0.25) is 6.41 Å². The molecule has 0 spiro atoms. The van der Waals surface area contributed by atoms with E-state index < -0.39 is 216 Å². The molecule has 0 saturated carbocycles. The Hall–Kier alpha value is -4.67. The van der Waals surface area contributed by atoms with Crippen molar-refractivity contribution in [3.63, 3.8) is 0 Å². The Morgan fingerprint density at radius 3 is 1.20 bits per heavy atom. The maximum atomic E-state index is 14.9. The average molecular weight is 1890 g/mol. The van der Waals surface area contributed by atoms with Gasteiger partial charge in [0, 0.05) is 97.1 Å². The van der Waals surface area contributed by atoms with Crippen LogP contribution < -0.4 is 0 Å². The predicted octanol–water partition coefficient (Wildman–Crippen LogP) is 6.33. The fraction of sp³-hybridized carbons (Fsp3) is 0.925. The summed E-state index contributed by atoms with van der Waals surface area (Å²) in [5.74, 6) is -6.94. The van der Waals surface area contributed by atoms with Gasteiger partial charge in [0.15, 0.2) is 37.4 Å². The van der Waals surface area contributed by atoms with Crippen LogP contribution in [-0.2, 0) is 128 Å². The molecule has 0 bridgehead atoms. The van der Waals surface area contributed by atoms with Crippen molar-refractivity contribution in [3.05, 3.63) is 0 Å². The van der Waals surface area contributed by atoms with Crippen molar-refractivity contribution in [1.29, 1.82) is 0 Å². The molecule has 766 valence electrons. The van der Waals surface area contributed by atoms with Crippen molar-refractivity contribution < 1.29 is 159 Å². The van der Waals surface area contributed by atoms with Crippen LogP contribution in [0.5, 0.6) is 0 Å². The van der Waals surface area contributed by atoms with Gasteiger partial charge >= 0.3 is 35.8 Å². The van der Waals surface area contributed by atoms with Crippen LogP contribution in [0.1, 0.15) is 217 Å². The molecule has 38 heteroatoms. The summed E-state index contributed by atoms with van der Waals surface area (Å²) >= 11 is 0. The van der Waals surface area contributed by atoms with Crippen LogP contribution in [0.4, 0.5) is 0 Å². The quantitative estimate of drug-likeness (QED) is 0.0330. The van der Waals surface area contributed by atoms with Crippen LogP contribution >= 0.6 is 0 Å². The van der Waals surface area contributed by atoms with Gasteiger partial charge in [-0.2, -0.15) is 0 Å². The molecule has 7 fully saturated rings. The van der Waals surface area contributed by atoms with Gasteiger partial charge in [-0.1, -0.05) is 41.5 Å². The number of hydrogen-bond acceptors (Lipinski definition) is 37. The summed E-state index contributed by atoms with van der Waals surface area (Å²) in [6.07, 6.45) is -14.8. The third kappa shape index (κ3) is 31.4. The molecule has 0 aromatic carbocycles. The van der Waals surface area contributed by atoms with Gasteiger partial charge in [0.1, 0.15) is 59.0 Å². The number of methoxy groups -OCH3 is 4. The standard InChI is InChI=1S/C47H85N3O15.C44H80N2O15.CH2O2.CH4O/c1-19-34-47(11)40(64-44(65-47)49(14)15)30(6)50(16)25-26(2)23-45(9,54)39(63-43-38(57-21-20-35(52)55-17)33(48(12)13)22-27(3)58-43)28(4)37(29(5)42(53)61-34)62-36-24-46(10,56-18)41(31(7)59-36)60-32(8)51;1-17-32-44(11,52)37(49)28(6)46(14)23-24(2)21-42(9,51)38(61-41-36(55-19-18-33(48)53-15)31(45(12)13)20-25(3)56-41)26(4)35(27(5)40(50)59-32)60-34-22-43(10,54-16)39(29(7)57-34)58-30(8)47;2-1-3;1-2/h26-31,33-34,36-41,43-44,54H,19-25H2,1-18H3;24-29,31-32,34-39,41,49,51-52H,17-23H2,1-16H3;1H,(H,2,3);2H,1H3/t26-,27-,28+,29-,30-,31+,33+,34-,36+,37+,38-,39-,40-,41+,43+,44?,45-,46-,47-;24-,25-,26+,27-,28-,29+,31+,32-,34+,35+,36-,37-,38-,39+,41+,42-,43-,44-;;/m11../s1. The number of rotatable bonds is 25. The van der Waals surface area contributed by atoms with Gasteiger partial charge in [-0.3, -0.25) is 38.5 Å². The molecule has 1 unspecified atom stereocenters. The van der Waals surface area contributed by atoms with Crippen LogP contribution in [0.15, 0.2) is 0 Å². The Bertz CT molecular complexity index is 3460. The van der Waals surface area contributed by atoms with E-state index >= 15 is 0 Å². The van der Waals surface area contributed by atoms with E-state index in [9.17, 15) is 49.2 Å². The monoisotopic (exact) mass is 1890 g/mol. The van der Waals surface area contributed by atoms with Crippen molar-refractivity contribution >= 4 is 42.3 Å². The molecule has 0 aromatic heterocycles. The molecule has 0 radical (unpaired) electrons. The Morgan fingerprint density at radius 2 is 0.870 bits per heavy atom. The average Bonchev–Trinajstić information content (AvgIpc) is 1.63. The number of carbonyl (C=O) groups is 7. The molecule has 7 rings (SSSR count). The summed E-state index contributed by atoms with van der Waals surface area (Å²) in [7, 11) is 22.1. The number of esters is 6. The number of nitrogens with zero attached hydrogens (tertiary/aromatic N) is 5. The number of carbonyl (C=O) groups excluding carboxylic acids is 6. The number of aliphatic hydroxyl groups excluding tert-OH is 2. The number of likely N-dealkylation sites (N-methyl/N-ethyl adjacent to an activating group) is 4. The minimum Gasteiger partial charge on any atom is -0.483 e. The van der Waals surface area contributed by atoms with Gasteiger partial charge in [-0.25, -0.2) is 0 Å². The van der Waals surface area contributed by atoms with Crippen molar-refractivity contribution in [3.8, 4) is 0 Å². The van der Waals surface area contributed by atoms with Crippen LogP contribution in [0, 0.1) is 35.5 Å². The first-order valence-electron chi connectivity index (χ1n) is 46.5. The smallest absolute Gasteiger partial charge is 0.311 e. The third-order valence-corrected chi connectivity index (χ3v) is 27.5. The molecule has 0 aromatic rings. The van der Waals surface area contributed by atoms with E-state index in [2.05, 4.69) is 18.7 Å². The number of hydrogen-bond donors (Lipinski definition) is 6.